The zero-order chi connectivity index (χ0) is 33.8. The van der Waals surface area contributed by atoms with Gasteiger partial charge in [-0.2, -0.15) is 0 Å². The van der Waals surface area contributed by atoms with Gasteiger partial charge in [0.05, 0.1) is 26.2 Å². The van der Waals surface area contributed by atoms with Crippen LogP contribution in [0.5, 0.6) is 0 Å². The number of fused-ring (bicyclic) bond motifs is 8. The highest BCUT2D eigenvalue weighted by Gasteiger charge is 2.49. The second-order valence-electron chi connectivity index (χ2n) is 14.1. The molecule has 4 heteroatoms. The molecule has 0 unspecified atom stereocenters. The molecule has 8 aromatic rings. The van der Waals surface area contributed by atoms with Gasteiger partial charge in [-0.15, -0.1) is 0 Å². The Balaban J connectivity index is 1.36. The van der Waals surface area contributed by atoms with Gasteiger partial charge in [-0.25, -0.2) is 8.42 Å². The zero-order valence-electron chi connectivity index (χ0n) is 27.8. The maximum atomic E-state index is 14.8. The molecule has 2 heterocycles. The predicted molar refractivity (Wildman–Crippen MR) is 202 cm³/mol. The average molecular weight is 664 g/mol. The van der Waals surface area contributed by atoms with Crippen molar-refractivity contribution in [3.63, 3.8) is 0 Å². The van der Waals surface area contributed by atoms with Crippen LogP contribution in [0, 0.1) is 0 Å². The summed E-state index contributed by atoms with van der Waals surface area (Å²) in [6, 6.07) is 56.3. The Bertz CT molecular complexity index is 2750. The molecule has 0 spiro atoms. The van der Waals surface area contributed by atoms with Gasteiger partial charge in [0, 0.05) is 21.9 Å². The third-order valence-electron chi connectivity index (χ3n) is 11.3. The molecule has 0 radical (unpaired) electrons. The van der Waals surface area contributed by atoms with Crippen LogP contribution in [-0.2, 0) is 20.7 Å². The number of hydrogen-bond acceptors (Lipinski definition) is 2. The number of hydrogen-bond donors (Lipinski definition) is 0. The largest absolute Gasteiger partial charge is 0.309 e. The van der Waals surface area contributed by atoms with E-state index in [0.717, 1.165) is 49.7 Å². The van der Waals surface area contributed by atoms with Crippen molar-refractivity contribution in [3.05, 3.63) is 197 Å². The summed E-state index contributed by atoms with van der Waals surface area (Å²) in [6.07, 6.45) is 0. The van der Waals surface area contributed by atoms with Gasteiger partial charge in [-0.05, 0) is 80.9 Å². The molecular formula is C46H33NO2S. The lowest BCUT2D eigenvalue weighted by Crippen LogP contribution is -2.37. The minimum atomic E-state index is -3.87. The van der Waals surface area contributed by atoms with Crippen LogP contribution < -0.4 is 0 Å². The van der Waals surface area contributed by atoms with E-state index in [-0.39, 0.29) is 5.41 Å². The van der Waals surface area contributed by atoms with E-state index in [9.17, 15) is 8.42 Å². The van der Waals surface area contributed by atoms with Crippen LogP contribution in [-0.4, -0.2) is 13.0 Å². The normalized spacial score (nSPS) is 16.0. The van der Waals surface area contributed by atoms with Crippen molar-refractivity contribution in [2.24, 2.45) is 0 Å². The smallest absolute Gasteiger partial charge is 0.207 e. The quantitative estimate of drug-likeness (QED) is 0.189. The molecule has 240 valence electrons. The first-order valence-electron chi connectivity index (χ1n) is 17.1. The summed E-state index contributed by atoms with van der Waals surface area (Å²) in [5, 5.41) is 1.94. The molecule has 0 amide bonds. The average Bonchev–Trinajstić information content (AvgIpc) is 3.60. The van der Waals surface area contributed by atoms with Crippen LogP contribution in [0.15, 0.2) is 174 Å². The predicted octanol–water partition coefficient (Wildman–Crippen LogP) is 10.6. The van der Waals surface area contributed by atoms with Gasteiger partial charge in [0.2, 0.25) is 9.84 Å². The topological polar surface area (TPSA) is 39.1 Å². The molecule has 3 nitrogen and oxygen atoms in total. The highest BCUT2D eigenvalue weighted by molar-refractivity contribution is 7.91. The number of sulfone groups is 1. The maximum absolute atomic E-state index is 14.8. The number of para-hydroxylation sites is 1. The first kappa shape index (κ1) is 29.2. The monoisotopic (exact) mass is 663 g/mol. The molecule has 0 fully saturated rings. The van der Waals surface area contributed by atoms with E-state index >= 15 is 0 Å². The van der Waals surface area contributed by atoms with Crippen molar-refractivity contribution in [3.8, 4) is 16.8 Å². The van der Waals surface area contributed by atoms with E-state index in [1.165, 1.54) is 22.3 Å². The molecule has 0 saturated heterocycles. The van der Waals surface area contributed by atoms with E-state index < -0.39 is 15.3 Å². The molecule has 0 saturated carbocycles. The van der Waals surface area contributed by atoms with Gasteiger partial charge >= 0.3 is 0 Å². The van der Waals surface area contributed by atoms with Crippen molar-refractivity contribution < 1.29 is 8.42 Å². The summed E-state index contributed by atoms with van der Waals surface area (Å²) in [5.74, 6) is 0. The van der Waals surface area contributed by atoms with Gasteiger partial charge in [0.15, 0.2) is 0 Å². The molecule has 1 aliphatic heterocycles. The van der Waals surface area contributed by atoms with Crippen LogP contribution in [0.3, 0.4) is 0 Å². The van der Waals surface area contributed by atoms with E-state index in [0.29, 0.717) is 9.79 Å². The fourth-order valence-corrected chi connectivity index (χ4v) is 10.8. The Hall–Kier alpha value is -5.71. The van der Waals surface area contributed by atoms with E-state index in [1.54, 1.807) is 6.07 Å². The lowest BCUT2D eigenvalue weighted by Gasteiger charge is -2.41. The summed E-state index contributed by atoms with van der Waals surface area (Å²) in [6.45, 7) is 4.61. The first-order chi connectivity index (χ1) is 24.3. The van der Waals surface area contributed by atoms with Crippen LogP contribution in [0.25, 0.3) is 38.6 Å². The zero-order valence-corrected chi connectivity index (χ0v) is 28.6. The standard InChI is InChI=1S/C46H33NO2S/c1-45(2)37-21-11-9-19-33(37)34-26-25-32(27-39(34)45)47-41-23-13-10-20-35(41)36-28-44-40(29-42(36)47)46(30-15-5-3-6-16-30,31-17-7-4-8-18-31)38-22-12-14-24-43(38)50(44,48)49/h3-29H,1-2H3. The Labute approximate surface area is 292 Å². The molecule has 0 N–H and O–H groups in total. The van der Waals surface area contributed by atoms with Gasteiger partial charge < -0.3 is 4.57 Å². The molecular weight excluding hydrogens is 631 g/mol. The Kier molecular flexibility index (Phi) is 5.94. The van der Waals surface area contributed by atoms with Crippen molar-refractivity contribution >= 4 is 31.6 Å². The Morgan fingerprint density at radius 3 is 1.80 bits per heavy atom. The van der Waals surface area contributed by atoms with E-state index in [2.05, 4.69) is 109 Å². The molecule has 10 rings (SSSR count). The van der Waals surface area contributed by atoms with Gasteiger partial charge in [0.1, 0.15) is 0 Å². The minimum absolute atomic E-state index is 0.159. The van der Waals surface area contributed by atoms with Crippen molar-refractivity contribution in [2.75, 3.05) is 0 Å². The van der Waals surface area contributed by atoms with Gasteiger partial charge in [-0.3, -0.25) is 0 Å². The number of benzene rings is 7. The van der Waals surface area contributed by atoms with Crippen molar-refractivity contribution in [2.45, 2.75) is 34.5 Å². The molecule has 0 bridgehead atoms. The minimum Gasteiger partial charge on any atom is -0.309 e. The number of nitrogens with zero attached hydrogens (tertiary/aromatic N) is 1. The van der Waals surface area contributed by atoms with Gasteiger partial charge in [0.25, 0.3) is 0 Å². The summed E-state index contributed by atoms with van der Waals surface area (Å²) in [5.41, 5.74) is 10.8. The Morgan fingerprint density at radius 2 is 1.06 bits per heavy atom. The van der Waals surface area contributed by atoms with E-state index in [4.69, 9.17) is 0 Å². The second kappa shape index (κ2) is 10.2. The maximum Gasteiger partial charge on any atom is 0.207 e. The Morgan fingerprint density at radius 1 is 0.460 bits per heavy atom. The van der Waals surface area contributed by atoms with Crippen LogP contribution in [0.2, 0.25) is 0 Å². The lowest BCUT2D eigenvalue weighted by atomic mass is 9.64. The van der Waals surface area contributed by atoms with E-state index in [1.807, 2.05) is 66.7 Å². The molecule has 50 heavy (non-hydrogen) atoms. The molecule has 1 aliphatic carbocycles. The fourth-order valence-electron chi connectivity index (χ4n) is 9.06. The van der Waals surface area contributed by atoms with Crippen molar-refractivity contribution in [1.82, 2.24) is 4.57 Å². The second-order valence-corrected chi connectivity index (χ2v) is 16.0. The highest BCUT2D eigenvalue weighted by Crippen LogP contribution is 2.55. The van der Waals surface area contributed by atoms with Crippen LogP contribution in [0.1, 0.15) is 47.2 Å². The van der Waals surface area contributed by atoms with Crippen LogP contribution in [0.4, 0.5) is 0 Å². The highest BCUT2D eigenvalue weighted by atomic mass is 32.2. The molecule has 7 aromatic carbocycles. The molecule has 1 aromatic heterocycles. The molecule has 2 aliphatic rings. The molecule has 0 atom stereocenters. The SMILES string of the molecule is CC1(C)c2ccccc2-c2ccc(-n3c4ccccc4c4cc5c(cc43)C(c3ccccc3)(c3ccccc3)c3ccccc3S5(=O)=O)cc21. The van der Waals surface area contributed by atoms with Gasteiger partial charge in [-0.1, -0.05) is 141 Å². The summed E-state index contributed by atoms with van der Waals surface area (Å²) >= 11 is 0. The summed E-state index contributed by atoms with van der Waals surface area (Å²) in [7, 11) is -3.87. The first-order valence-corrected chi connectivity index (χ1v) is 18.6. The summed E-state index contributed by atoms with van der Waals surface area (Å²) < 4.78 is 31.9. The summed E-state index contributed by atoms with van der Waals surface area (Å²) in [4.78, 5) is 0.702. The number of rotatable bonds is 3. The van der Waals surface area contributed by atoms with Crippen molar-refractivity contribution in [1.29, 1.82) is 0 Å². The number of aromatic nitrogens is 1. The third-order valence-corrected chi connectivity index (χ3v) is 13.1. The van der Waals surface area contributed by atoms with Crippen LogP contribution >= 0.6 is 0 Å². The third kappa shape index (κ3) is 3.66. The fraction of sp³-hybridized carbons (Fsp3) is 0.0870. The lowest BCUT2D eigenvalue weighted by molar-refractivity contribution is 0.579.